The van der Waals surface area contributed by atoms with Gasteiger partial charge in [0.05, 0.1) is 12.3 Å². The van der Waals surface area contributed by atoms with Crippen molar-refractivity contribution in [3.8, 4) is 5.75 Å². The Kier molecular flexibility index (Phi) is 3.98. The zero-order valence-corrected chi connectivity index (χ0v) is 10.7. The van der Waals surface area contributed by atoms with E-state index in [2.05, 4.69) is 17.1 Å². The van der Waals surface area contributed by atoms with Gasteiger partial charge in [-0.2, -0.15) is 0 Å². The number of aromatic nitrogens is 1. The summed E-state index contributed by atoms with van der Waals surface area (Å²) < 4.78 is 5.47. The average Bonchev–Trinajstić information content (AvgIpc) is 2.74. The number of hydrogen-bond donors (Lipinski definition) is 1. The molecule has 0 bridgehead atoms. The van der Waals surface area contributed by atoms with Gasteiger partial charge < -0.3 is 10.5 Å². The van der Waals surface area contributed by atoms with Crippen LogP contribution in [-0.4, -0.2) is 11.6 Å². The van der Waals surface area contributed by atoms with Crippen LogP contribution in [0.3, 0.4) is 0 Å². The number of rotatable bonds is 5. The summed E-state index contributed by atoms with van der Waals surface area (Å²) in [4.78, 5) is 4.25. The molecule has 1 heterocycles. The van der Waals surface area contributed by atoms with Gasteiger partial charge in [0.15, 0.2) is 5.13 Å². The minimum absolute atomic E-state index is 0.642. The molecule has 0 amide bonds. The SMILES string of the molecule is CCOc1cccc(CCc2csc(N)n2)c1. The summed E-state index contributed by atoms with van der Waals surface area (Å²) in [5, 5.41) is 2.66. The Bertz CT molecular complexity index is 482. The molecule has 1 aromatic carbocycles. The first kappa shape index (κ1) is 11.9. The van der Waals surface area contributed by atoms with Crippen LogP contribution in [0.5, 0.6) is 5.75 Å². The number of hydrogen-bond acceptors (Lipinski definition) is 4. The van der Waals surface area contributed by atoms with Gasteiger partial charge in [-0.1, -0.05) is 12.1 Å². The Morgan fingerprint density at radius 2 is 2.24 bits per heavy atom. The van der Waals surface area contributed by atoms with E-state index in [0.717, 1.165) is 24.3 Å². The highest BCUT2D eigenvalue weighted by Gasteiger charge is 2.01. The summed E-state index contributed by atoms with van der Waals surface area (Å²) in [5.74, 6) is 0.933. The molecule has 3 nitrogen and oxygen atoms in total. The van der Waals surface area contributed by atoms with E-state index in [1.54, 1.807) is 0 Å². The molecule has 0 atom stereocenters. The first-order chi connectivity index (χ1) is 8.28. The fourth-order valence-corrected chi connectivity index (χ4v) is 2.26. The van der Waals surface area contributed by atoms with Gasteiger partial charge in [-0.25, -0.2) is 4.98 Å². The van der Waals surface area contributed by atoms with E-state index in [1.807, 2.05) is 24.4 Å². The molecule has 0 spiro atoms. The van der Waals surface area contributed by atoms with Crippen molar-refractivity contribution in [1.29, 1.82) is 0 Å². The molecule has 0 fully saturated rings. The van der Waals surface area contributed by atoms with Gasteiger partial charge in [-0.15, -0.1) is 11.3 Å². The summed E-state index contributed by atoms with van der Waals surface area (Å²) in [6, 6.07) is 8.20. The molecule has 0 unspecified atom stereocenters. The third-order valence-corrected chi connectivity index (χ3v) is 3.17. The molecule has 0 radical (unpaired) electrons. The number of nitrogens with two attached hydrogens (primary N) is 1. The van der Waals surface area contributed by atoms with E-state index in [-0.39, 0.29) is 0 Å². The van der Waals surface area contributed by atoms with Gasteiger partial charge in [0.25, 0.3) is 0 Å². The maximum atomic E-state index is 5.60. The van der Waals surface area contributed by atoms with Gasteiger partial charge in [0.2, 0.25) is 0 Å². The van der Waals surface area contributed by atoms with Crippen LogP contribution >= 0.6 is 11.3 Å². The van der Waals surface area contributed by atoms with Crippen molar-refractivity contribution in [3.05, 3.63) is 40.9 Å². The average molecular weight is 248 g/mol. The third-order valence-electron chi connectivity index (χ3n) is 2.45. The summed E-state index contributed by atoms with van der Waals surface area (Å²) in [7, 11) is 0. The molecule has 2 N–H and O–H groups in total. The Morgan fingerprint density at radius 1 is 1.35 bits per heavy atom. The van der Waals surface area contributed by atoms with Crippen molar-refractivity contribution in [1.82, 2.24) is 4.98 Å². The van der Waals surface area contributed by atoms with E-state index >= 15 is 0 Å². The lowest BCUT2D eigenvalue weighted by Crippen LogP contribution is -1.95. The minimum Gasteiger partial charge on any atom is -0.494 e. The Labute approximate surface area is 105 Å². The third kappa shape index (κ3) is 3.46. The molecule has 17 heavy (non-hydrogen) atoms. The van der Waals surface area contributed by atoms with Gasteiger partial charge >= 0.3 is 0 Å². The molecule has 0 aliphatic rings. The predicted octanol–water partition coefficient (Wildman–Crippen LogP) is 2.91. The van der Waals surface area contributed by atoms with Crippen LogP contribution in [0.2, 0.25) is 0 Å². The molecular formula is C13H16N2OS. The highest BCUT2D eigenvalue weighted by Crippen LogP contribution is 2.17. The summed E-state index contributed by atoms with van der Waals surface area (Å²) >= 11 is 1.49. The van der Waals surface area contributed by atoms with E-state index in [0.29, 0.717) is 11.7 Å². The van der Waals surface area contributed by atoms with Crippen LogP contribution in [0.15, 0.2) is 29.6 Å². The molecule has 0 aliphatic carbocycles. The Hall–Kier alpha value is -1.55. The normalized spacial score (nSPS) is 10.4. The lowest BCUT2D eigenvalue weighted by atomic mass is 10.1. The molecule has 90 valence electrons. The van der Waals surface area contributed by atoms with Crippen LogP contribution in [0, 0.1) is 0 Å². The second kappa shape index (κ2) is 5.68. The van der Waals surface area contributed by atoms with Gasteiger partial charge in [0.1, 0.15) is 5.75 Å². The zero-order valence-electron chi connectivity index (χ0n) is 9.85. The molecule has 2 rings (SSSR count). The van der Waals surface area contributed by atoms with Crippen LogP contribution in [0.25, 0.3) is 0 Å². The van der Waals surface area contributed by atoms with Crippen molar-refractivity contribution in [2.45, 2.75) is 19.8 Å². The van der Waals surface area contributed by atoms with Crippen LogP contribution in [0.1, 0.15) is 18.2 Å². The quantitative estimate of drug-likeness (QED) is 0.885. The van der Waals surface area contributed by atoms with Gasteiger partial charge in [-0.3, -0.25) is 0 Å². The summed E-state index contributed by atoms with van der Waals surface area (Å²) in [5.41, 5.74) is 7.93. The molecule has 0 saturated heterocycles. The number of nitrogen functional groups attached to an aromatic ring is 1. The van der Waals surface area contributed by atoms with Crippen molar-refractivity contribution in [3.63, 3.8) is 0 Å². The molecule has 4 heteroatoms. The molecule has 1 aromatic heterocycles. The highest BCUT2D eigenvalue weighted by molar-refractivity contribution is 7.13. The number of nitrogens with zero attached hydrogens (tertiary/aromatic N) is 1. The van der Waals surface area contributed by atoms with Crippen LogP contribution in [0.4, 0.5) is 5.13 Å². The Morgan fingerprint density at radius 3 is 2.94 bits per heavy atom. The first-order valence-corrected chi connectivity index (χ1v) is 6.57. The van der Waals surface area contributed by atoms with Crippen molar-refractivity contribution >= 4 is 16.5 Å². The zero-order chi connectivity index (χ0) is 12.1. The second-order valence-corrected chi connectivity index (χ2v) is 4.65. The number of aryl methyl sites for hydroxylation is 2. The van der Waals surface area contributed by atoms with Crippen molar-refractivity contribution in [2.24, 2.45) is 0 Å². The molecule has 0 saturated carbocycles. The highest BCUT2D eigenvalue weighted by atomic mass is 32.1. The lowest BCUT2D eigenvalue weighted by molar-refractivity contribution is 0.340. The topological polar surface area (TPSA) is 48.1 Å². The minimum atomic E-state index is 0.642. The summed E-state index contributed by atoms with van der Waals surface area (Å²) in [6.45, 7) is 2.69. The van der Waals surface area contributed by atoms with E-state index in [9.17, 15) is 0 Å². The smallest absolute Gasteiger partial charge is 0.180 e. The van der Waals surface area contributed by atoms with E-state index < -0.39 is 0 Å². The van der Waals surface area contributed by atoms with Crippen molar-refractivity contribution < 1.29 is 4.74 Å². The molecular weight excluding hydrogens is 232 g/mol. The number of anilines is 1. The first-order valence-electron chi connectivity index (χ1n) is 5.69. The van der Waals surface area contributed by atoms with E-state index in [1.165, 1.54) is 16.9 Å². The number of benzene rings is 1. The van der Waals surface area contributed by atoms with Crippen molar-refractivity contribution in [2.75, 3.05) is 12.3 Å². The summed E-state index contributed by atoms with van der Waals surface area (Å²) in [6.07, 6.45) is 1.88. The lowest BCUT2D eigenvalue weighted by Gasteiger charge is -2.05. The number of thiazole rings is 1. The van der Waals surface area contributed by atoms with Crippen LogP contribution in [-0.2, 0) is 12.8 Å². The monoisotopic (exact) mass is 248 g/mol. The predicted molar refractivity (Wildman–Crippen MR) is 71.5 cm³/mol. The fourth-order valence-electron chi connectivity index (χ4n) is 1.67. The van der Waals surface area contributed by atoms with Gasteiger partial charge in [0, 0.05) is 5.38 Å². The fraction of sp³-hybridized carbons (Fsp3) is 0.308. The maximum absolute atomic E-state index is 5.60. The maximum Gasteiger partial charge on any atom is 0.180 e. The molecule has 2 aromatic rings. The largest absolute Gasteiger partial charge is 0.494 e. The van der Waals surface area contributed by atoms with E-state index in [4.69, 9.17) is 10.5 Å². The number of ether oxygens (including phenoxy) is 1. The standard InChI is InChI=1S/C13H16N2OS/c1-2-16-12-5-3-4-10(8-12)6-7-11-9-17-13(14)15-11/h3-5,8-9H,2,6-7H2,1H3,(H2,14,15). The Balaban J connectivity index is 1.96. The molecule has 0 aliphatic heterocycles. The van der Waals surface area contributed by atoms with Crippen LogP contribution < -0.4 is 10.5 Å². The van der Waals surface area contributed by atoms with Gasteiger partial charge in [-0.05, 0) is 37.5 Å². The second-order valence-electron chi connectivity index (χ2n) is 3.76.